The first kappa shape index (κ1) is 15.0. The minimum absolute atomic E-state index is 0.627. The van der Waals surface area contributed by atoms with Crippen LogP contribution in [-0.4, -0.2) is 47.6 Å². The predicted molar refractivity (Wildman–Crippen MR) is 84.3 cm³/mol. The number of hydrogen-bond donors (Lipinski definition) is 2. The van der Waals surface area contributed by atoms with E-state index >= 15 is 0 Å². The van der Waals surface area contributed by atoms with E-state index in [9.17, 15) is 0 Å². The van der Waals surface area contributed by atoms with E-state index in [2.05, 4.69) is 46.4 Å². The number of likely N-dealkylation sites (tertiary alicyclic amines) is 1. The van der Waals surface area contributed by atoms with E-state index in [-0.39, 0.29) is 0 Å². The summed E-state index contributed by atoms with van der Waals surface area (Å²) >= 11 is 0. The predicted octanol–water partition coefficient (Wildman–Crippen LogP) is 2.37. The van der Waals surface area contributed by atoms with Crippen molar-refractivity contribution in [2.24, 2.45) is 0 Å². The van der Waals surface area contributed by atoms with Crippen LogP contribution < -0.4 is 10.6 Å². The highest BCUT2D eigenvalue weighted by atomic mass is 15.2. The number of aromatic nitrogens is 2. The summed E-state index contributed by atoms with van der Waals surface area (Å²) in [6, 6.07) is 2.64. The molecule has 1 unspecified atom stereocenters. The summed E-state index contributed by atoms with van der Waals surface area (Å²) in [6.07, 6.45) is 4.53. The number of nitrogens with zero attached hydrogens (tertiary/aromatic N) is 3. The highest BCUT2D eigenvalue weighted by Crippen LogP contribution is 2.17. The molecule has 0 aliphatic carbocycles. The maximum absolute atomic E-state index is 4.57. The Morgan fingerprint density at radius 3 is 2.60 bits per heavy atom. The smallest absolute Gasteiger partial charge is 0.132 e. The average Bonchev–Trinajstić information content (AvgIpc) is 2.88. The van der Waals surface area contributed by atoms with Crippen LogP contribution in [0.2, 0.25) is 0 Å². The fourth-order valence-electron chi connectivity index (χ4n) is 2.55. The lowest BCUT2D eigenvalue weighted by atomic mass is 10.2. The molecular weight excluding hydrogens is 250 g/mol. The molecule has 5 heteroatoms. The molecule has 1 atom stereocenters. The Bertz CT molecular complexity index is 421. The van der Waals surface area contributed by atoms with Crippen molar-refractivity contribution in [3.8, 4) is 0 Å². The van der Waals surface area contributed by atoms with Crippen LogP contribution in [0.15, 0.2) is 6.07 Å². The summed E-state index contributed by atoms with van der Waals surface area (Å²) in [7, 11) is 2.20. The highest BCUT2D eigenvalue weighted by Gasteiger charge is 2.20. The van der Waals surface area contributed by atoms with E-state index in [1.54, 1.807) is 0 Å². The van der Waals surface area contributed by atoms with Crippen molar-refractivity contribution in [1.82, 2.24) is 14.9 Å². The van der Waals surface area contributed by atoms with Crippen molar-refractivity contribution < 1.29 is 0 Å². The van der Waals surface area contributed by atoms with Gasteiger partial charge in [-0.15, -0.1) is 0 Å². The number of aryl methyl sites for hydroxylation is 1. The molecule has 1 fully saturated rings. The van der Waals surface area contributed by atoms with Gasteiger partial charge >= 0.3 is 0 Å². The van der Waals surface area contributed by atoms with Gasteiger partial charge in [-0.05, 0) is 32.9 Å². The van der Waals surface area contributed by atoms with Crippen molar-refractivity contribution in [2.75, 3.05) is 37.3 Å². The molecular formula is C15H27N5. The second kappa shape index (κ2) is 7.43. The molecule has 0 aromatic carbocycles. The van der Waals surface area contributed by atoms with Gasteiger partial charge in [0, 0.05) is 31.6 Å². The van der Waals surface area contributed by atoms with Gasteiger partial charge in [0.2, 0.25) is 0 Å². The average molecular weight is 277 g/mol. The van der Waals surface area contributed by atoms with E-state index in [1.807, 2.05) is 6.07 Å². The molecule has 1 saturated heterocycles. The Hall–Kier alpha value is -1.36. The van der Waals surface area contributed by atoms with E-state index in [4.69, 9.17) is 0 Å². The molecule has 1 aromatic rings. The summed E-state index contributed by atoms with van der Waals surface area (Å²) in [5.74, 6) is 2.77. The lowest BCUT2D eigenvalue weighted by Crippen LogP contribution is -2.31. The normalized spacial score (nSPS) is 19.2. The zero-order valence-electron chi connectivity index (χ0n) is 12.9. The molecule has 112 valence electrons. The Labute approximate surface area is 122 Å². The molecule has 0 spiro atoms. The molecule has 5 nitrogen and oxygen atoms in total. The Morgan fingerprint density at radius 2 is 2.00 bits per heavy atom. The van der Waals surface area contributed by atoms with Gasteiger partial charge in [-0.25, -0.2) is 9.97 Å². The number of rotatable bonds is 7. The summed E-state index contributed by atoms with van der Waals surface area (Å²) in [4.78, 5) is 11.5. The molecule has 20 heavy (non-hydrogen) atoms. The van der Waals surface area contributed by atoms with E-state index in [1.165, 1.54) is 19.4 Å². The van der Waals surface area contributed by atoms with Crippen LogP contribution >= 0.6 is 0 Å². The van der Waals surface area contributed by atoms with Gasteiger partial charge in [-0.2, -0.15) is 0 Å². The van der Waals surface area contributed by atoms with Gasteiger partial charge in [0.15, 0.2) is 0 Å². The molecule has 1 aliphatic heterocycles. The van der Waals surface area contributed by atoms with Crippen molar-refractivity contribution >= 4 is 11.6 Å². The number of nitrogens with one attached hydrogen (secondary N) is 2. The molecule has 1 aliphatic rings. The fraction of sp³-hybridized carbons (Fsp3) is 0.733. The van der Waals surface area contributed by atoms with Crippen LogP contribution in [0.1, 0.15) is 38.9 Å². The second-order valence-corrected chi connectivity index (χ2v) is 5.49. The van der Waals surface area contributed by atoms with Crippen LogP contribution in [0.3, 0.4) is 0 Å². The minimum atomic E-state index is 0.627. The van der Waals surface area contributed by atoms with Crippen molar-refractivity contribution in [1.29, 1.82) is 0 Å². The molecule has 2 rings (SSSR count). The molecule has 0 amide bonds. The highest BCUT2D eigenvalue weighted by molar-refractivity contribution is 5.47. The Balaban J connectivity index is 1.98. The molecule has 2 N–H and O–H groups in total. The lowest BCUT2D eigenvalue weighted by molar-refractivity contribution is 0.322. The molecule has 2 heterocycles. The lowest BCUT2D eigenvalue weighted by Gasteiger charge is -2.20. The maximum atomic E-state index is 4.57. The third-order valence-electron chi connectivity index (χ3n) is 3.84. The van der Waals surface area contributed by atoms with Gasteiger partial charge in [0.1, 0.15) is 17.5 Å². The minimum Gasteiger partial charge on any atom is -0.370 e. The van der Waals surface area contributed by atoms with Crippen LogP contribution in [0.25, 0.3) is 0 Å². The summed E-state index contributed by atoms with van der Waals surface area (Å²) in [6.45, 7) is 7.37. The van der Waals surface area contributed by atoms with Gasteiger partial charge in [0.05, 0.1) is 0 Å². The number of likely N-dealkylation sites (N-methyl/N-ethyl adjacent to an activating group) is 1. The van der Waals surface area contributed by atoms with Crippen molar-refractivity contribution in [2.45, 2.75) is 45.6 Å². The van der Waals surface area contributed by atoms with E-state index in [0.29, 0.717) is 6.04 Å². The summed E-state index contributed by atoms with van der Waals surface area (Å²) < 4.78 is 0. The fourth-order valence-corrected chi connectivity index (χ4v) is 2.55. The van der Waals surface area contributed by atoms with Crippen LogP contribution in [0.4, 0.5) is 11.6 Å². The zero-order chi connectivity index (χ0) is 14.4. The monoisotopic (exact) mass is 277 g/mol. The van der Waals surface area contributed by atoms with Crippen LogP contribution in [0.5, 0.6) is 0 Å². The van der Waals surface area contributed by atoms with E-state index in [0.717, 1.165) is 43.4 Å². The topological polar surface area (TPSA) is 53.1 Å². The third-order valence-corrected chi connectivity index (χ3v) is 3.84. The number of anilines is 2. The van der Waals surface area contributed by atoms with Crippen LogP contribution in [-0.2, 0) is 6.42 Å². The van der Waals surface area contributed by atoms with Crippen molar-refractivity contribution in [3.63, 3.8) is 0 Å². The first-order valence-electron chi connectivity index (χ1n) is 7.78. The summed E-state index contributed by atoms with van der Waals surface area (Å²) in [5, 5.41) is 6.82. The van der Waals surface area contributed by atoms with Gasteiger partial charge < -0.3 is 15.5 Å². The van der Waals surface area contributed by atoms with Crippen LogP contribution in [0, 0.1) is 0 Å². The zero-order valence-corrected chi connectivity index (χ0v) is 12.9. The molecule has 1 aromatic heterocycles. The maximum Gasteiger partial charge on any atom is 0.132 e. The SMILES string of the molecule is CCCNc1cc(NCC2CCCN2C)nc(CC)n1. The van der Waals surface area contributed by atoms with Crippen molar-refractivity contribution in [3.05, 3.63) is 11.9 Å². The van der Waals surface area contributed by atoms with Gasteiger partial charge in [0.25, 0.3) is 0 Å². The Kier molecular flexibility index (Phi) is 5.59. The Morgan fingerprint density at radius 1 is 1.25 bits per heavy atom. The quantitative estimate of drug-likeness (QED) is 0.801. The molecule has 0 radical (unpaired) electrons. The van der Waals surface area contributed by atoms with Gasteiger partial charge in [-0.3, -0.25) is 0 Å². The molecule has 0 bridgehead atoms. The third kappa shape index (κ3) is 4.07. The summed E-state index contributed by atoms with van der Waals surface area (Å²) in [5.41, 5.74) is 0. The number of hydrogen-bond acceptors (Lipinski definition) is 5. The largest absolute Gasteiger partial charge is 0.370 e. The standard InChI is InChI=1S/C15H27N5/c1-4-8-16-14-10-15(19-13(5-2)18-14)17-11-12-7-6-9-20(12)3/h10,12H,4-9,11H2,1-3H3,(H2,16,17,18,19). The first-order chi connectivity index (χ1) is 9.72. The second-order valence-electron chi connectivity index (χ2n) is 5.49. The molecule has 0 saturated carbocycles. The van der Waals surface area contributed by atoms with E-state index < -0.39 is 0 Å². The first-order valence-corrected chi connectivity index (χ1v) is 7.78. The van der Waals surface area contributed by atoms with Gasteiger partial charge in [-0.1, -0.05) is 13.8 Å².